The molecule has 29 heavy (non-hydrogen) atoms. The van der Waals surface area contributed by atoms with Crippen molar-refractivity contribution in [2.75, 3.05) is 26.3 Å². The highest BCUT2D eigenvalue weighted by Gasteiger charge is 2.27. The smallest absolute Gasteiger partial charge is 0.292 e. The monoisotopic (exact) mass is 393 g/mol. The number of carbonyl (C=O) groups excluding carboxylic acids is 1. The van der Waals surface area contributed by atoms with Gasteiger partial charge in [0, 0.05) is 19.1 Å². The van der Waals surface area contributed by atoms with E-state index in [0.717, 1.165) is 24.0 Å². The van der Waals surface area contributed by atoms with Crippen molar-refractivity contribution in [2.24, 2.45) is 5.73 Å². The lowest BCUT2D eigenvalue weighted by molar-refractivity contribution is 0.0294. The standard InChI is InChI=1S/C21H23N5O3/c22-17-6-7-18(16-4-2-1-3-15(16)17)29-14-5-8-19-23-24-20(26(19)13-14)21(27)25-9-11-28-12-10-25/h1-5,8,13,17-18H,6-7,9-12,22H2. The predicted molar refractivity (Wildman–Crippen MR) is 106 cm³/mol. The van der Waals surface area contributed by atoms with Crippen molar-refractivity contribution >= 4 is 11.6 Å². The van der Waals surface area contributed by atoms with Gasteiger partial charge in [0.1, 0.15) is 11.9 Å². The summed E-state index contributed by atoms with van der Waals surface area (Å²) in [4.78, 5) is 14.6. The van der Waals surface area contributed by atoms with Gasteiger partial charge in [0.05, 0.1) is 19.4 Å². The average Bonchev–Trinajstić information content (AvgIpc) is 3.19. The number of aromatic nitrogens is 3. The second-order valence-electron chi connectivity index (χ2n) is 7.44. The van der Waals surface area contributed by atoms with Crippen molar-refractivity contribution in [1.82, 2.24) is 19.5 Å². The first-order valence-corrected chi connectivity index (χ1v) is 9.93. The highest BCUT2D eigenvalue weighted by Crippen LogP contribution is 2.37. The number of hydrogen-bond acceptors (Lipinski definition) is 6. The van der Waals surface area contributed by atoms with E-state index in [1.165, 1.54) is 0 Å². The van der Waals surface area contributed by atoms with Gasteiger partial charge in [-0.15, -0.1) is 10.2 Å². The summed E-state index contributed by atoms with van der Waals surface area (Å²) in [6.07, 6.45) is 3.44. The summed E-state index contributed by atoms with van der Waals surface area (Å²) in [6.45, 7) is 2.20. The fraction of sp³-hybridized carbons (Fsp3) is 0.381. The normalized spacial score (nSPS) is 21.8. The van der Waals surface area contributed by atoms with E-state index in [-0.39, 0.29) is 18.1 Å². The Morgan fingerprint density at radius 3 is 2.69 bits per heavy atom. The summed E-state index contributed by atoms with van der Waals surface area (Å²) in [7, 11) is 0. The van der Waals surface area contributed by atoms with E-state index < -0.39 is 0 Å². The lowest BCUT2D eigenvalue weighted by atomic mass is 9.86. The van der Waals surface area contributed by atoms with Crippen molar-refractivity contribution in [3.63, 3.8) is 0 Å². The molecule has 2 aliphatic rings. The van der Waals surface area contributed by atoms with E-state index in [0.29, 0.717) is 43.5 Å². The zero-order valence-corrected chi connectivity index (χ0v) is 16.0. The predicted octanol–water partition coefficient (Wildman–Crippen LogP) is 2.12. The van der Waals surface area contributed by atoms with Crippen LogP contribution < -0.4 is 10.5 Å². The SMILES string of the molecule is NC1CCC(Oc2ccc3nnc(C(=O)N4CCOCC4)n3c2)c2ccccc21. The minimum atomic E-state index is -0.146. The van der Waals surface area contributed by atoms with Crippen molar-refractivity contribution in [1.29, 1.82) is 0 Å². The summed E-state index contributed by atoms with van der Waals surface area (Å²) in [5, 5.41) is 8.24. The molecule has 3 heterocycles. The van der Waals surface area contributed by atoms with Crippen molar-refractivity contribution in [2.45, 2.75) is 25.0 Å². The number of pyridine rings is 1. The Hall–Kier alpha value is -2.97. The number of rotatable bonds is 3. The average molecular weight is 393 g/mol. The van der Waals surface area contributed by atoms with E-state index in [1.54, 1.807) is 15.5 Å². The van der Waals surface area contributed by atoms with Gasteiger partial charge in [0.2, 0.25) is 5.82 Å². The van der Waals surface area contributed by atoms with Gasteiger partial charge >= 0.3 is 0 Å². The van der Waals surface area contributed by atoms with E-state index >= 15 is 0 Å². The molecule has 150 valence electrons. The topological polar surface area (TPSA) is 95.0 Å². The molecule has 1 fully saturated rings. The van der Waals surface area contributed by atoms with E-state index in [1.807, 2.05) is 24.3 Å². The largest absolute Gasteiger partial charge is 0.484 e. The fourth-order valence-electron chi connectivity index (χ4n) is 4.07. The molecule has 0 radical (unpaired) electrons. The Labute approximate surface area is 168 Å². The van der Waals surface area contributed by atoms with Gasteiger partial charge in [-0.1, -0.05) is 24.3 Å². The Morgan fingerprint density at radius 2 is 1.86 bits per heavy atom. The highest BCUT2D eigenvalue weighted by molar-refractivity contribution is 5.91. The molecule has 1 aliphatic heterocycles. The van der Waals surface area contributed by atoms with E-state index in [9.17, 15) is 4.79 Å². The third-order valence-corrected chi connectivity index (χ3v) is 5.63. The van der Waals surface area contributed by atoms with Crippen molar-refractivity contribution in [3.05, 3.63) is 59.5 Å². The van der Waals surface area contributed by atoms with Gasteiger partial charge in [-0.05, 0) is 36.1 Å². The van der Waals surface area contributed by atoms with Crippen LogP contribution in [0.25, 0.3) is 5.65 Å². The van der Waals surface area contributed by atoms with Crippen LogP contribution in [0, 0.1) is 0 Å². The van der Waals surface area contributed by atoms with E-state index in [2.05, 4.69) is 22.3 Å². The molecule has 1 aliphatic carbocycles. The lowest BCUT2D eigenvalue weighted by Gasteiger charge is -2.30. The second-order valence-corrected chi connectivity index (χ2v) is 7.44. The number of hydrogen-bond donors (Lipinski definition) is 1. The van der Waals surface area contributed by atoms with Crippen LogP contribution in [0.4, 0.5) is 0 Å². The molecule has 5 rings (SSSR count). The number of amides is 1. The summed E-state index contributed by atoms with van der Waals surface area (Å²) in [6, 6.07) is 11.9. The number of nitrogens with two attached hydrogens (primary N) is 1. The quantitative estimate of drug-likeness (QED) is 0.732. The molecule has 0 saturated carbocycles. The molecule has 3 aromatic rings. The molecule has 2 atom stereocenters. The Kier molecular flexibility index (Phi) is 4.65. The summed E-state index contributed by atoms with van der Waals surface area (Å²) in [5.41, 5.74) is 9.13. The zero-order chi connectivity index (χ0) is 19.8. The van der Waals surface area contributed by atoms with Gasteiger partial charge in [-0.25, -0.2) is 0 Å². The van der Waals surface area contributed by atoms with Crippen LogP contribution in [0.15, 0.2) is 42.6 Å². The van der Waals surface area contributed by atoms with Crippen LogP contribution in [0.2, 0.25) is 0 Å². The number of morpholine rings is 1. The minimum absolute atomic E-state index is 0.0455. The number of benzene rings is 1. The number of ether oxygens (including phenoxy) is 2. The first-order chi connectivity index (χ1) is 14.2. The maximum absolute atomic E-state index is 12.9. The molecule has 0 spiro atoms. The second kappa shape index (κ2) is 7.46. The molecule has 8 nitrogen and oxygen atoms in total. The molecular formula is C21H23N5O3. The first kappa shape index (κ1) is 18.1. The van der Waals surface area contributed by atoms with Crippen LogP contribution in [-0.4, -0.2) is 51.7 Å². The van der Waals surface area contributed by atoms with Crippen LogP contribution in [0.3, 0.4) is 0 Å². The van der Waals surface area contributed by atoms with Crippen LogP contribution in [0.1, 0.15) is 46.7 Å². The molecule has 1 aromatic carbocycles. The first-order valence-electron chi connectivity index (χ1n) is 9.93. The summed E-state index contributed by atoms with van der Waals surface area (Å²) >= 11 is 0. The minimum Gasteiger partial charge on any atom is -0.484 e. The number of fused-ring (bicyclic) bond motifs is 2. The molecule has 0 bridgehead atoms. The van der Waals surface area contributed by atoms with Crippen LogP contribution in [-0.2, 0) is 4.74 Å². The Bertz CT molecular complexity index is 1040. The Balaban J connectivity index is 1.43. The molecule has 2 aromatic heterocycles. The molecule has 1 saturated heterocycles. The molecular weight excluding hydrogens is 370 g/mol. The molecule has 2 N–H and O–H groups in total. The zero-order valence-electron chi connectivity index (χ0n) is 16.0. The third-order valence-electron chi connectivity index (χ3n) is 5.63. The van der Waals surface area contributed by atoms with Crippen LogP contribution in [0.5, 0.6) is 5.75 Å². The van der Waals surface area contributed by atoms with E-state index in [4.69, 9.17) is 15.2 Å². The molecule has 8 heteroatoms. The molecule has 1 amide bonds. The summed E-state index contributed by atoms with van der Waals surface area (Å²) in [5.74, 6) is 0.814. The van der Waals surface area contributed by atoms with Crippen molar-refractivity contribution in [3.8, 4) is 5.75 Å². The van der Waals surface area contributed by atoms with Crippen LogP contribution >= 0.6 is 0 Å². The Morgan fingerprint density at radius 1 is 1.07 bits per heavy atom. The van der Waals surface area contributed by atoms with Gasteiger partial charge < -0.3 is 20.1 Å². The van der Waals surface area contributed by atoms with Crippen molar-refractivity contribution < 1.29 is 14.3 Å². The maximum Gasteiger partial charge on any atom is 0.292 e. The highest BCUT2D eigenvalue weighted by atomic mass is 16.5. The molecule has 2 unspecified atom stereocenters. The van der Waals surface area contributed by atoms with Gasteiger partial charge in [-0.2, -0.15) is 0 Å². The fourth-order valence-corrected chi connectivity index (χ4v) is 4.07. The van der Waals surface area contributed by atoms with Gasteiger partial charge in [0.25, 0.3) is 5.91 Å². The number of carbonyl (C=O) groups is 1. The maximum atomic E-state index is 12.9. The number of nitrogens with zero attached hydrogens (tertiary/aromatic N) is 4. The van der Waals surface area contributed by atoms with Gasteiger partial charge in [-0.3, -0.25) is 9.20 Å². The summed E-state index contributed by atoms with van der Waals surface area (Å²) < 4.78 is 13.3. The van der Waals surface area contributed by atoms with Gasteiger partial charge in [0.15, 0.2) is 5.65 Å². The third kappa shape index (κ3) is 3.34. The lowest BCUT2D eigenvalue weighted by Crippen LogP contribution is -2.41.